The molecule has 11 heavy (non-hydrogen) atoms. The topological polar surface area (TPSA) is 60.7 Å². The highest BCUT2D eigenvalue weighted by molar-refractivity contribution is 4.95. The Labute approximate surface area is 66.3 Å². The van der Waals surface area contributed by atoms with Gasteiger partial charge in [-0.2, -0.15) is 0 Å². The number of allylic oxidation sites excluding steroid dienone is 1. The van der Waals surface area contributed by atoms with E-state index in [-0.39, 0.29) is 12.4 Å². The van der Waals surface area contributed by atoms with E-state index in [0.29, 0.717) is 6.42 Å². The first-order chi connectivity index (χ1) is 5.16. The van der Waals surface area contributed by atoms with E-state index in [1.54, 1.807) is 6.92 Å². The first kappa shape index (κ1) is 10.2. The number of hydrogen-bond donors (Lipinski definition) is 3. The summed E-state index contributed by atoms with van der Waals surface area (Å²) in [7, 11) is 0. The van der Waals surface area contributed by atoms with Crippen LogP contribution in [0.2, 0.25) is 0 Å². The molecule has 0 heterocycles. The average molecular weight is 158 g/mol. The normalized spacial score (nSPS) is 15.7. The zero-order valence-corrected chi connectivity index (χ0v) is 6.57. The van der Waals surface area contributed by atoms with Gasteiger partial charge < -0.3 is 15.3 Å². The maximum absolute atomic E-state index is 9.08. The molecule has 0 saturated carbocycles. The fraction of sp³-hybridized carbons (Fsp3) is 0.500. The van der Waals surface area contributed by atoms with Crippen molar-refractivity contribution in [3.63, 3.8) is 0 Å². The smallest absolute Gasteiger partial charge is 0.0853 e. The summed E-state index contributed by atoms with van der Waals surface area (Å²) in [4.78, 5) is 0. The molecule has 0 aromatic heterocycles. The van der Waals surface area contributed by atoms with E-state index < -0.39 is 6.10 Å². The summed E-state index contributed by atoms with van der Waals surface area (Å²) in [6, 6.07) is 0. The van der Waals surface area contributed by atoms with Crippen LogP contribution in [0.25, 0.3) is 0 Å². The van der Waals surface area contributed by atoms with Crippen LogP contribution in [0.3, 0.4) is 0 Å². The highest BCUT2D eigenvalue weighted by Crippen LogP contribution is 1.97. The standard InChI is InChI=1S/C8H14O3/c1-7(10)4-5-8(11)3-2-6-9/h2-4,8-11H,5-6H2,1H3. The predicted octanol–water partition coefficient (Wildman–Crippen LogP) is 0.748. The van der Waals surface area contributed by atoms with Crippen LogP contribution in [0, 0.1) is 0 Å². The van der Waals surface area contributed by atoms with Crippen LogP contribution in [0.5, 0.6) is 0 Å². The Kier molecular flexibility index (Phi) is 5.51. The molecule has 0 fully saturated rings. The van der Waals surface area contributed by atoms with Crippen LogP contribution in [0.4, 0.5) is 0 Å². The van der Waals surface area contributed by atoms with E-state index in [9.17, 15) is 0 Å². The van der Waals surface area contributed by atoms with Gasteiger partial charge in [-0.15, -0.1) is 0 Å². The van der Waals surface area contributed by atoms with Gasteiger partial charge in [-0.3, -0.25) is 0 Å². The van der Waals surface area contributed by atoms with E-state index in [1.165, 1.54) is 18.2 Å². The maximum Gasteiger partial charge on any atom is 0.0853 e. The molecule has 0 aromatic rings. The minimum atomic E-state index is -0.621. The van der Waals surface area contributed by atoms with Crippen LogP contribution < -0.4 is 0 Å². The van der Waals surface area contributed by atoms with Gasteiger partial charge >= 0.3 is 0 Å². The van der Waals surface area contributed by atoms with Gasteiger partial charge in [0.05, 0.1) is 18.5 Å². The summed E-state index contributed by atoms with van der Waals surface area (Å²) < 4.78 is 0. The Hall–Kier alpha value is -0.800. The van der Waals surface area contributed by atoms with Gasteiger partial charge in [-0.05, 0) is 19.4 Å². The Morgan fingerprint density at radius 2 is 2.18 bits per heavy atom. The minimum absolute atomic E-state index is 0.0706. The molecule has 3 N–H and O–H groups in total. The monoisotopic (exact) mass is 158 g/mol. The van der Waals surface area contributed by atoms with Crippen LogP contribution in [-0.2, 0) is 0 Å². The SMILES string of the molecule is CC(O)=CCC(O)C=CCO. The van der Waals surface area contributed by atoms with Crippen molar-refractivity contribution in [2.24, 2.45) is 0 Å². The zero-order valence-electron chi connectivity index (χ0n) is 6.57. The molecule has 0 saturated heterocycles. The van der Waals surface area contributed by atoms with E-state index in [4.69, 9.17) is 15.3 Å². The molecule has 0 radical (unpaired) electrons. The van der Waals surface area contributed by atoms with Crippen molar-refractivity contribution < 1.29 is 15.3 Å². The van der Waals surface area contributed by atoms with Gasteiger partial charge in [0.2, 0.25) is 0 Å². The Morgan fingerprint density at radius 1 is 1.55 bits per heavy atom. The van der Waals surface area contributed by atoms with Crippen LogP contribution in [0.15, 0.2) is 24.0 Å². The van der Waals surface area contributed by atoms with Gasteiger partial charge in [-0.25, -0.2) is 0 Å². The third kappa shape index (κ3) is 7.09. The highest BCUT2D eigenvalue weighted by atomic mass is 16.3. The second kappa shape index (κ2) is 5.95. The Balaban J connectivity index is 3.61. The second-order valence-electron chi connectivity index (χ2n) is 2.26. The molecule has 0 spiro atoms. The largest absolute Gasteiger partial charge is 0.513 e. The molecule has 3 heteroatoms. The quantitative estimate of drug-likeness (QED) is 0.418. The van der Waals surface area contributed by atoms with E-state index in [0.717, 1.165) is 0 Å². The molecule has 1 unspecified atom stereocenters. The van der Waals surface area contributed by atoms with Crippen molar-refractivity contribution in [1.29, 1.82) is 0 Å². The molecule has 0 bridgehead atoms. The minimum Gasteiger partial charge on any atom is -0.513 e. The van der Waals surface area contributed by atoms with Crippen molar-refractivity contribution in [1.82, 2.24) is 0 Å². The molecule has 0 aliphatic rings. The summed E-state index contributed by atoms with van der Waals surface area (Å²) in [5.41, 5.74) is 0. The lowest BCUT2D eigenvalue weighted by Crippen LogP contribution is -2.00. The maximum atomic E-state index is 9.08. The summed E-state index contributed by atoms with van der Waals surface area (Å²) in [5, 5.41) is 26.1. The first-order valence-electron chi connectivity index (χ1n) is 3.48. The van der Waals surface area contributed by atoms with E-state index >= 15 is 0 Å². The Morgan fingerprint density at radius 3 is 2.64 bits per heavy atom. The van der Waals surface area contributed by atoms with Gasteiger partial charge in [0.15, 0.2) is 0 Å². The highest BCUT2D eigenvalue weighted by Gasteiger charge is 1.94. The molecule has 3 nitrogen and oxygen atoms in total. The molecule has 0 amide bonds. The van der Waals surface area contributed by atoms with E-state index in [1.807, 2.05) is 0 Å². The second-order valence-corrected chi connectivity index (χ2v) is 2.26. The van der Waals surface area contributed by atoms with Crippen molar-refractivity contribution in [2.45, 2.75) is 19.4 Å². The Bertz CT molecular complexity index is 145. The molecular formula is C8H14O3. The molecule has 0 rings (SSSR count). The molecule has 0 aliphatic carbocycles. The number of aliphatic hydroxyl groups is 3. The fourth-order valence-corrected chi connectivity index (χ4v) is 0.588. The predicted molar refractivity (Wildman–Crippen MR) is 43.2 cm³/mol. The van der Waals surface area contributed by atoms with Crippen molar-refractivity contribution >= 4 is 0 Å². The molecule has 64 valence electrons. The lowest BCUT2D eigenvalue weighted by atomic mass is 10.2. The van der Waals surface area contributed by atoms with Gasteiger partial charge in [0.25, 0.3) is 0 Å². The third-order valence-electron chi connectivity index (χ3n) is 1.12. The summed E-state index contributed by atoms with van der Waals surface area (Å²) in [5.74, 6) is 0.196. The molecule has 0 aliphatic heterocycles. The summed E-state index contributed by atoms with van der Waals surface area (Å²) in [6.45, 7) is 1.47. The molecule has 0 aromatic carbocycles. The third-order valence-corrected chi connectivity index (χ3v) is 1.12. The van der Waals surface area contributed by atoms with Crippen LogP contribution in [0.1, 0.15) is 13.3 Å². The molecular weight excluding hydrogens is 144 g/mol. The van der Waals surface area contributed by atoms with Gasteiger partial charge in [0, 0.05) is 0 Å². The lowest BCUT2D eigenvalue weighted by Gasteiger charge is -1.99. The van der Waals surface area contributed by atoms with Crippen LogP contribution >= 0.6 is 0 Å². The number of rotatable bonds is 4. The van der Waals surface area contributed by atoms with Crippen molar-refractivity contribution in [3.05, 3.63) is 24.0 Å². The number of aliphatic hydroxyl groups excluding tert-OH is 3. The zero-order chi connectivity index (χ0) is 8.69. The number of hydrogen-bond acceptors (Lipinski definition) is 3. The molecule has 1 atom stereocenters. The van der Waals surface area contributed by atoms with Gasteiger partial charge in [-0.1, -0.05) is 12.2 Å². The average Bonchev–Trinajstić information content (AvgIpc) is 1.97. The lowest BCUT2D eigenvalue weighted by molar-refractivity contribution is 0.223. The fourth-order valence-electron chi connectivity index (χ4n) is 0.588. The summed E-state index contributed by atoms with van der Waals surface area (Å²) >= 11 is 0. The van der Waals surface area contributed by atoms with Gasteiger partial charge in [0.1, 0.15) is 0 Å². The van der Waals surface area contributed by atoms with Crippen LogP contribution in [-0.4, -0.2) is 28.0 Å². The first-order valence-corrected chi connectivity index (χ1v) is 3.48. The van der Waals surface area contributed by atoms with E-state index in [2.05, 4.69) is 0 Å². The van der Waals surface area contributed by atoms with Crippen molar-refractivity contribution in [2.75, 3.05) is 6.61 Å². The van der Waals surface area contributed by atoms with Crippen molar-refractivity contribution in [3.8, 4) is 0 Å². The summed E-state index contributed by atoms with van der Waals surface area (Å²) in [6.07, 6.45) is 4.22.